The van der Waals surface area contributed by atoms with E-state index in [0.29, 0.717) is 10.9 Å². The molecule has 5 heteroatoms. The largest absolute Gasteiger partial charge is 0.573 e. The highest BCUT2D eigenvalue weighted by molar-refractivity contribution is 5.84. The fourth-order valence-corrected chi connectivity index (χ4v) is 1.24. The Morgan fingerprint density at radius 1 is 1.20 bits per heavy atom. The van der Waals surface area contributed by atoms with Crippen molar-refractivity contribution in [2.24, 2.45) is 0 Å². The van der Waals surface area contributed by atoms with Crippen LogP contribution in [0.1, 0.15) is 0 Å². The summed E-state index contributed by atoms with van der Waals surface area (Å²) in [5.74, 6) is -0.249. The minimum Gasteiger partial charge on any atom is -0.405 e. The van der Waals surface area contributed by atoms with Crippen LogP contribution in [-0.4, -0.2) is 11.3 Å². The average molecular weight is 212 g/mol. The standard InChI is InChI=1S/C10H5F3NO/c11-10(12,13)15-9-5-1-4-8-7(9)3-2-6-14-8/h1-5H. The Bertz CT molecular complexity index is 476. The van der Waals surface area contributed by atoms with E-state index in [-0.39, 0.29) is 5.75 Å². The molecule has 0 aliphatic heterocycles. The normalized spacial score (nSPS) is 11.7. The van der Waals surface area contributed by atoms with Gasteiger partial charge in [-0.3, -0.25) is 0 Å². The first-order chi connectivity index (χ1) is 7.06. The molecule has 0 aliphatic carbocycles. The van der Waals surface area contributed by atoms with E-state index >= 15 is 0 Å². The lowest BCUT2D eigenvalue weighted by atomic mass is 10.2. The number of fused-ring (bicyclic) bond motifs is 1. The van der Waals surface area contributed by atoms with Crippen LogP contribution in [0.5, 0.6) is 5.75 Å². The van der Waals surface area contributed by atoms with Gasteiger partial charge in [-0.2, -0.15) is 0 Å². The fraction of sp³-hybridized carbons (Fsp3) is 0.100. The van der Waals surface area contributed by atoms with Crippen molar-refractivity contribution in [3.63, 3.8) is 0 Å². The Morgan fingerprint density at radius 3 is 2.73 bits per heavy atom. The van der Waals surface area contributed by atoms with Crippen LogP contribution in [0.25, 0.3) is 10.9 Å². The molecule has 0 fully saturated rings. The third-order valence-corrected chi connectivity index (χ3v) is 1.78. The van der Waals surface area contributed by atoms with Gasteiger partial charge in [0.1, 0.15) is 5.75 Å². The SMILES string of the molecule is FC(F)(F)Oc1cccc2n[c]ccc12. The van der Waals surface area contributed by atoms with E-state index in [2.05, 4.69) is 15.9 Å². The summed E-state index contributed by atoms with van der Waals surface area (Å²) in [6, 6.07) is 7.20. The molecule has 0 aliphatic rings. The van der Waals surface area contributed by atoms with E-state index in [0.717, 1.165) is 0 Å². The predicted molar refractivity (Wildman–Crippen MR) is 47.3 cm³/mol. The maximum atomic E-state index is 12.0. The molecule has 0 spiro atoms. The Morgan fingerprint density at radius 2 is 2.00 bits per heavy atom. The average Bonchev–Trinajstić information content (AvgIpc) is 2.16. The Labute approximate surface area is 83.3 Å². The monoisotopic (exact) mass is 212 g/mol. The zero-order chi connectivity index (χ0) is 10.9. The van der Waals surface area contributed by atoms with E-state index in [9.17, 15) is 13.2 Å². The zero-order valence-corrected chi connectivity index (χ0v) is 7.38. The summed E-state index contributed by atoms with van der Waals surface area (Å²) in [5, 5.41) is 0.313. The molecule has 0 bridgehead atoms. The number of hydrogen-bond acceptors (Lipinski definition) is 2. The van der Waals surface area contributed by atoms with Gasteiger partial charge in [0, 0.05) is 5.39 Å². The lowest BCUT2D eigenvalue weighted by Gasteiger charge is -2.10. The first-order valence-corrected chi connectivity index (χ1v) is 4.08. The number of halogens is 3. The summed E-state index contributed by atoms with van der Waals surface area (Å²) in [6.07, 6.45) is -2.15. The van der Waals surface area contributed by atoms with E-state index in [4.69, 9.17) is 0 Å². The molecule has 2 aromatic rings. The third kappa shape index (κ3) is 2.18. The van der Waals surface area contributed by atoms with Crippen LogP contribution in [0.15, 0.2) is 30.3 Å². The molecule has 2 rings (SSSR count). The van der Waals surface area contributed by atoms with Crippen molar-refractivity contribution in [2.75, 3.05) is 0 Å². The topological polar surface area (TPSA) is 22.1 Å². The van der Waals surface area contributed by atoms with Crippen LogP contribution in [0.4, 0.5) is 13.2 Å². The highest BCUT2D eigenvalue weighted by Crippen LogP contribution is 2.29. The lowest BCUT2D eigenvalue weighted by Crippen LogP contribution is -2.17. The highest BCUT2D eigenvalue weighted by Gasteiger charge is 2.31. The number of benzene rings is 1. The zero-order valence-electron chi connectivity index (χ0n) is 7.38. The van der Waals surface area contributed by atoms with Crippen molar-refractivity contribution < 1.29 is 17.9 Å². The Kier molecular flexibility index (Phi) is 2.22. The summed E-state index contributed by atoms with van der Waals surface area (Å²) in [7, 11) is 0. The van der Waals surface area contributed by atoms with Gasteiger partial charge >= 0.3 is 6.36 Å². The van der Waals surface area contributed by atoms with Gasteiger partial charge in [0.25, 0.3) is 0 Å². The molecule has 1 aromatic carbocycles. The van der Waals surface area contributed by atoms with E-state index < -0.39 is 6.36 Å². The maximum absolute atomic E-state index is 12.0. The van der Waals surface area contributed by atoms with Gasteiger partial charge in [-0.1, -0.05) is 6.07 Å². The van der Waals surface area contributed by atoms with Gasteiger partial charge in [-0.15, -0.1) is 13.2 Å². The minimum absolute atomic E-state index is 0.249. The molecule has 1 aromatic heterocycles. The molecule has 0 amide bonds. The van der Waals surface area contributed by atoms with Gasteiger partial charge in [0.15, 0.2) is 0 Å². The fourth-order valence-electron chi connectivity index (χ4n) is 1.24. The molecular formula is C10H5F3NO. The minimum atomic E-state index is -4.69. The van der Waals surface area contributed by atoms with Crippen LogP contribution in [-0.2, 0) is 0 Å². The van der Waals surface area contributed by atoms with Crippen molar-refractivity contribution in [1.29, 1.82) is 0 Å². The first-order valence-electron chi connectivity index (χ1n) is 4.08. The summed E-state index contributed by atoms with van der Waals surface area (Å²) >= 11 is 0. The van der Waals surface area contributed by atoms with Gasteiger partial charge in [-0.25, -0.2) is 4.98 Å². The van der Waals surface area contributed by atoms with E-state index in [1.165, 1.54) is 24.3 Å². The van der Waals surface area contributed by atoms with Crippen LogP contribution in [0.2, 0.25) is 0 Å². The molecule has 15 heavy (non-hydrogen) atoms. The summed E-state index contributed by atoms with van der Waals surface area (Å²) < 4.78 is 39.9. The van der Waals surface area contributed by atoms with Crippen molar-refractivity contribution in [1.82, 2.24) is 4.98 Å². The molecule has 1 heterocycles. The predicted octanol–water partition coefficient (Wildman–Crippen LogP) is 2.93. The van der Waals surface area contributed by atoms with Crippen molar-refractivity contribution in [3.8, 4) is 5.75 Å². The van der Waals surface area contributed by atoms with Crippen molar-refractivity contribution >= 4 is 10.9 Å². The second-order valence-electron chi connectivity index (χ2n) is 2.81. The van der Waals surface area contributed by atoms with Crippen LogP contribution in [0, 0.1) is 6.20 Å². The van der Waals surface area contributed by atoms with E-state index in [1.54, 1.807) is 6.07 Å². The number of aromatic nitrogens is 1. The Balaban J connectivity index is 2.52. The van der Waals surface area contributed by atoms with Crippen LogP contribution < -0.4 is 4.74 Å². The van der Waals surface area contributed by atoms with Crippen molar-refractivity contribution in [2.45, 2.75) is 6.36 Å². The summed E-state index contributed by atoms with van der Waals surface area (Å²) in [6.45, 7) is 0. The second-order valence-corrected chi connectivity index (χ2v) is 2.81. The van der Waals surface area contributed by atoms with E-state index in [1.807, 2.05) is 0 Å². The highest BCUT2D eigenvalue weighted by atomic mass is 19.4. The number of pyridine rings is 1. The van der Waals surface area contributed by atoms with Crippen LogP contribution >= 0.6 is 0 Å². The molecule has 0 unspecified atom stereocenters. The van der Waals surface area contributed by atoms with Gasteiger partial charge < -0.3 is 4.74 Å². The third-order valence-electron chi connectivity index (χ3n) is 1.78. The maximum Gasteiger partial charge on any atom is 0.573 e. The molecule has 0 saturated carbocycles. The molecule has 2 nitrogen and oxygen atoms in total. The smallest absolute Gasteiger partial charge is 0.405 e. The quantitative estimate of drug-likeness (QED) is 0.725. The number of nitrogens with zero attached hydrogens (tertiary/aromatic N) is 1. The Hall–Kier alpha value is -1.78. The molecule has 1 radical (unpaired) electrons. The van der Waals surface area contributed by atoms with Gasteiger partial charge in [-0.05, 0) is 24.3 Å². The number of alkyl halides is 3. The first kappa shape index (κ1) is 9.76. The number of rotatable bonds is 1. The second kappa shape index (κ2) is 3.42. The van der Waals surface area contributed by atoms with Gasteiger partial charge in [0.2, 0.25) is 0 Å². The molecule has 0 saturated heterocycles. The number of ether oxygens (including phenoxy) is 1. The summed E-state index contributed by atoms with van der Waals surface area (Å²) in [5.41, 5.74) is 0.416. The van der Waals surface area contributed by atoms with Crippen LogP contribution in [0.3, 0.4) is 0 Å². The molecule has 0 N–H and O–H groups in total. The molecule has 0 atom stereocenters. The lowest BCUT2D eigenvalue weighted by molar-refractivity contribution is -0.274. The van der Waals surface area contributed by atoms with Gasteiger partial charge in [0.05, 0.1) is 11.7 Å². The number of hydrogen-bond donors (Lipinski definition) is 0. The molecular weight excluding hydrogens is 207 g/mol. The van der Waals surface area contributed by atoms with Crippen molar-refractivity contribution in [3.05, 3.63) is 36.5 Å². The summed E-state index contributed by atoms with van der Waals surface area (Å²) in [4.78, 5) is 3.80. The molecule has 77 valence electrons.